The van der Waals surface area contributed by atoms with Crippen molar-refractivity contribution < 1.29 is 19.0 Å². The average Bonchev–Trinajstić information content (AvgIpc) is 2.71. The van der Waals surface area contributed by atoms with Gasteiger partial charge in [-0.15, -0.1) is 0 Å². The van der Waals surface area contributed by atoms with Gasteiger partial charge in [0.05, 0.1) is 13.2 Å². The lowest BCUT2D eigenvalue weighted by Gasteiger charge is -2.02. The third-order valence-corrected chi connectivity index (χ3v) is 1.84. The van der Waals surface area contributed by atoms with Gasteiger partial charge in [-0.1, -0.05) is 6.92 Å². The number of aliphatic hydroxyl groups excluding tert-OH is 1. The van der Waals surface area contributed by atoms with Crippen molar-refractivity contribution in [2.45, 2.75) is 26.6 Å². The van der Waals surface area contributed by atoms with E-state index in [0.29, 0.717) is 25.6 Å². The fourth-order valence-electron chi connectivity index (χ4n) is 1.12. The molecule has 1 aromatic rings. The second-order valence-electron chi connectivity index (χ2n) is 3.19. The summed E-state index contributed by atoms with van der Waals surface area (Å²) in [5, 5.41) is 8.77. The Morgan fingerprint density at radius 1 is 1.13 bits per heavy atom. The molecule has 4 nitrogen and oxygen atoms in total. The molecule has 0 atom stereocenters. The van der Waals surface area contributed by atoms with Crippen LogP contribution in [0.1, 0.15) is 24.9 Å². The Kier molecular flexibility index (Phi) is 6.08. The van der Waals surface area contributed by atoms with Crippen LogP contribution < -0.4 is 0 Å². The zero-order valence-corrected chi connectivity index (χ0v) is 9.07. The molecule has 0 saturated heterocycles. The summed E-state index contributed by atoms with van der Waals surface area (Å²) >= 11 is 0. The minimum atomic E-state index is -0.0698. The van der Waals surface area contributed by atoms with E-state index in [9.17, 15) is 0 Å². The molecule has 0 radical (unpaired) electrons. The standard InChI is InChI=1S/C11H18O4/c1-2-5-13-6-7-14-9-11-4-3-10(8-12)15-11/h3-4,12H,2,5-9H2,1H3. The van der Waals surface area contributed by atoms with Crippen molar-refractivity contribution in [3.8, 4) is 0 Å². The van der Waals surface area contributed by atoms with E-state index < -0.39 is 0 Å². The first-order chi connectivity index (χ1) is 7.36. The van der Waals surface area contributed by atoms with Crippen molar-refractivity contribution in [1.29, 1.82) is 0 Å². The predicted molar refractivity (Wildman–Crippen MR) is 55.4 cm³/mol. The van der Waals surface area contributed by atoms with Gasteiger partial charge in [-0.2, -0.15) is 0 Å². The SMILES string of the molecule is CCCOCCOCc1ccc(CO)o1. The predicted octanol–water partition coefficient (Wildman–Crippen LogP) is 1.72. The normalized spacial score (nSPS) is 10.8. The molecule has 0 amide bonds. The van der Waals surface area contributed by atoms with E-state index in [-0.39, 0.29) is 6.61 Å². The second-order valence-corrected chi connectivity index (χ2v) is 3.19. The van der Waals surface area contributed by atoms with Gasteiger partial charge in [-0.05, 0) is 18.6 Å². The summed E-state index contributed by atoms with van der Waals surface area (Å²) in [6, 6.07) is 3.55. The van der Waals surface area contributed by atoms with E-state index in [4.69, 9.17) is 19.0 Å². The van der Waals surface area contributed by atoms with Crippen molar-refractivity contribution in [2.24, 2.45) is 0 Å². The number of hydrogen-bond acceptors (Lipinski definition) is 4. The van der Waals surface area contributed by atoms with Crippen molar-refractivity contribution in [3.05, 3.63) is 23.7 Å². The molecule has 1 heterocycles. The number of aliphatic hydroxyl groups is 1. The van der Waals surface area contributed by atoms with E-state index in [2.05, 4.69) is 6.92 Å². The molecular formula is C11H18O4. The lowest BCUT2D eigenvalue weighted by atomic mass is 10.4. The molecule has 1 rings (SSSR count). The van der Waals surface area contributed by atoms with Crippen LogP contribution in [0.4, 0.5) is 0 Å². The van der Waals surface area contributed by atoms with Gasteiger partial charge in [0, 0.05) is 6.61 Å². The maximum absolute atomic E-state index is 8.77. The van der Waals surface area contributed by atoms with Gasteiger partial charge >= 0.3 is 0 Å². The highest BCUT2D eigenvalue weighted by atomic mass is 16.5. The summed E-state index contributed by atoms with van der Waals surface area (Å²) in [4.78, 5) is 0. The maximum atomic E-state index is 8.77. The molecule has 86 valence electrons. The molecule has 0 aliphatic carbocycles. The van der Waals surface area contributed by atoms with Crippen LogP contribution in [0, 0.1) is 0 Å². The van der Waals surface area contributed by atoms with Crippen LogP contribution in [0.15, 0.2) is 16.5 Å². The van der Waals surface area contributed by atoms with E-state index in [1.54, 1.807) is 12.1 Å². The lowest BCUT2D eigenvalue weighted by Crippen LogP contribution is -2.04. The van der Waals surface area contributed by atoms with Gasteiger partial charge < -0.3 is 19.0 Å². The molecule has 1 N–H and O–H groups in total. The molecule has 0 fully saturated rings. The molecule has 0 saturated carbocycles. The fourth-order valence-corrected chi connectivity index (χ4v) is 1.12. The highest BCUT2D eigenvalue weighted by molar-refractivity contribution is 5.05. The van der Waals surface area contributed by atoms with E-state index in [0.717, 1.165) is 18.8 Å². The summed E-state index contributed by atoms with van der Waals surface area (Å²) in [6.45, 7) is 4.38. The fraction of sp³-hybridized carbons (Fsp3) is 0.636. The topological polar surface area (TPSA) is 51.8 Å². The van der Waals surface area contributed by atoms with Crippen LogP contribution in [0.3, 0.4) is 0 Å². The van der Waals surface area contributed by atoms with Gasteiger partial charge in [0.15, 0.2) is 0 Å². The first-order valence-corrected chi connectivity index (χ1v) is 5.20. The van der Waals surface area contributed by atoms with Gasteiger partial charge in [-0.3, -0.25) is 0 Å². The highest BCUT2D eigenvalue weighted by Gasteiger charge is 2.00. The Balaban J connectivity index is 2.04. The van der Waals surface area contributed by atoms with Crippen LogP contribution >= 0.6 is 0 Å². The van der Waals surface area contributed by atoms with Crippen LogP contribution in [0.5, 0.6) is 0 Å². The van der Waals surface area contributed by atoms with Crippen molar-refractivity contribution in [2.75, 3.05) is 19.8 Å². The summed E-state index contributed by atoms with van der Waals surface area (Å²) in [7, 11) is 0. The van der Waals surface area contributed by atoms with Crippen LogP contribution in [0.25, 0.3) is 0 Å². The van der Waals surface area contributed by atoms with Crippen molar-refractivity contribution in [3.63, 3.8) is 0 Å². The van der Waals surface area contributed by atoms with Crippen LogP contribution in [-0.4, -0.2) is 24.9 Å². The lowest BCUT2D eigenvalue weighted by molar-refractivity contribution is 0.0343. The second kappa shape index (κ2) is 7.45. The summed E-state index contributed by atoms with van der Waals surface area (Å²) in [5.74, 6) is 1.30. The third kappa shape index (κ3) is 4.97. The van der Waals surface area contributed by atoms with E-state index in [1.807, 2.05) is 0 Å². The number of rotatable bonds is 8. The first kappa shape index (κ1) is 12.2. The van der Waals surface area contributed by atoms with Crippen molar-refractivity contribution in [1.82, 2.24) is 0 Å². The Morgan fingerprint density at radius 2 is 1.87 bits per heavy atom. The molecule has 1 aromatic heterocycles. The molecule has 0 aliphatic rings. The number of ether oxygens (including phenoxy) is 2. The average molecular weight is 214 g/mol. The molecular weight excluding hydrogens is 196 g/mol. The quantitative estimate of drug-likeness (QED) is 0.669. The Labute approximate surface area is 89.8 Å². The smallest absolute Gasteiger partial charge is 0.129 e. The highest BCUT2D eigenvalue weighted by Crippen LogP contribution is 2.08. The summed E-state index contributed by atoms with van der Waals surface area (Å²) < 4.78 is 15.8. The molecule has 0 aromatic carbocycles. The number of hydrogen-bond donors (Lipinski definition) is 1. The molecule has 0 spiro atoms. The largest absolute Gasteiger partial charge is 0.461 e. The maximum Gasteiger partial charge on any atom is 0.129 e. The van der Waals surface area contributed by atoms with Gasteiger partial charge in [0.2, 0.25) is 0 Å². The summed E-state index contributed by atoms with van der Waals surface area (Å²) in [5.41, 5.74) is 0. The van der Waals surface area contributed by atoms with Gasteiger partial charge in [-0.25, -0.2) is 0 Å². The molecule has 0 aliphatic heterocycles. The van der Waals surface area contributed by atoms with Gasteiger partial charge in [0.1, 0.15) is 24.7 Å². The van der Waals surface area contributed by atoms with E-state index in [1.165, 1.54) is 0 Å². The summed E-state index contributed by atoms with van der Waals surface area (Å²) in [6.07, 6.45) is 1.03. The molecule has 15 heavy (non-hydrogen) atoms. The van der Waals surface area contributed by atoms with Crippen LogP contribution in [0.2, 0.25) is 0 Å². The monoisotopic (exact) mass is 214 g/mol. The van der Waals surface area contributed by atoms with Crippen LogP contribution in [-0.2, 0) is 22.7 Å². The van der Waals surface area contributed by atoms with Gasteiger partial charge in [0.25, 0.3) is 0 Å². The minimum absolute atomic E-state index is 0.0698. The first-order valence-electron chi connectivity index (χ1n) is 5.20. The zero-order chi connectivity index (χ0) is 10.9. The Bertz CT molecular complexity index is 257. The van der Waals surface area contributed by atoms with Crippen molar-refractivity contribution >= 4 is 0 Å². The molecule has 0 unspecified atom stereocenters. The molecule has 0 bridgehead atoms. The third-order valence-electron chi connectivity index (χ3n) is 1.84. The Morgan fingerprint density at radius 3 is 2.53 bits per heavy atom. The zero-order valence-electron chi connectivity index (χ0n) is 9.07. The minimum Gasteiger partial charge on any atom is -0.461 e. The number of furan rings is 1. The van der Waals surface area contributed by atoms with E-state index >= 15 is 0 Å². The Hall–Kier alpha value is -0.840. The molecule has 4 heteroatoms.